The van der Waals surface area contributed by atoms with E-state index in [1.807, 2.05) is 0 Å². The highest BCUT2D eigenvalue weighted by Gasteiger charge is 2.24. The standard InChI is InChI=1S/C14H15NO5/c1-15(13(16)12-9-19-7-8-20-12)11-6-4-3-5-10(11)14(17)18-2/h3-6,9H,7-8H2,1-2H3. The number of ether oxygens (including phenoxy) is 3. The fourth-order valence-electron chi connectivity index (χ4n) is 1.80. The molecular weight excluding hydrogens is 262 g/mol. The number of hydrogen-bond donors (Lipinski definition) is 0. The third kappa shape index (κ3) is 2.74. The summed E-state index contributed by atoms with van der Waals surface area (Å²) < 4.78 is 15.0. The molecule has 0 spiro atoms. The van der Waals surface area contributed by atoms with Crippen molar-refractivity contribution < 1.29 is 23.8 Å². The Hall–Kier alpha value is -2.50. The Morgan fingerprint density at radius 3 is 2.65 bits per heavy atom. The van der Waals surface area contributed by atoms with Crippen molar-refractivity contribution in [3.05, 3.63) is 41.9 Å². The Labute approximate surface area is 116 Å². The van der Waals surface area contributed by atoms with Gasteiger partial charge < -0.3 is 19.1 Å². The maximum absolute atomic E-state index is 12.3. The van der Waals surface area contributed by atoms with Crippen LogP contribution in [0.2, 0.25) is 0 Å². The Bertz CT molecular complexity index is 552. The van der Waals surface area contributed by atoms with Crippen molar-refractivity contribution in [3.8, 4) is 0 Å². The summed E-state index contributed by atoms with van der Waals surface area (Å²) in [6, 6.07) is 6.69. The van der Waals surface area contributed by atoms with Gasteiger partial charge in [0.05, 0.1) is 18.4 Å². The molecule has 0 aromatic heterocycles. The first kappa shape index (κ1) is 13.9. The molecule has 1 aliphatic heterocycles. The average molecular weight is 277 g/mol. The van der Waals surface area contributed by atoms with Crippen LogP contribution in [0, 0.1) is 0 Å². The minimum absolute atomic E-state index is 0.110. The second kappa shape index (κ2) is 6.10. The first-order valence-corrected chi connectivity index (χ1v) is 6.05. The number of nitrogens with zero attached hydrogens (tertiary/aromatic N) is 1. The molecule has 0 N–H and O–H groups in total. The number of anilines is 1. The molecule has 0 unspecified atom stereocenters. The molecular formula is C14H15NO5. The van der Waals surface area contributed by atoms with Gasteiger partial charge >= 0.3 is 5.97 Å². The molecule has 2 rings (SSSR count). The van der Waals surface area contributed by atoms with E-state index in [0.717, 1.165) is 0 Å². The van der Waals surface area contributed by atoms with E-state index in [1.165, 1.54) is 18.3 Å². The van der Waals surface area contributed by atoms with Gasteiger partial charge in [0, 0.05) is 7.05 Å². The maximum Gasteiger partial charge on any atom is 0.339 e. The van der Waals surface area contributed by atoms with E-state index in [1.54, 1.807) is 31.3 Å². The summed E-state index contributed by atoms with van der Waals surface area (Å²) in [7, 11) is 2.85. The van der Waals surface area contributed by atoms with Crippen molar-refractivity contribution in [2.24, 2.45) is 0 Å². The number of methoxy groups -OCH3 is 1. The lowest BCUT2D eigenvalue weighted by Crippen LogP contribution is -2.31. The van der Waals surface area contributed by atoms with Crippen LogP contribution in [0.5, 0.6) is 0 Å². The highest BCUT2D eigenvalue weighted by molar-refractivity contribution is 6.07. The lowest BCUT2D eigenvalue weighted by Gasteiger charge is -2.22. The summed E-state index contributed by atoms with van der Waals surface area (Å²) in [6.45, 7) is 0.739. The van der Waals surface area contributed by atoms with Crippen LogP contribution in [0.15, 0.2) is 36.3 Å². The third-order valence-electron chi connectivity index (χ3n) is 2.84. The average Bonchev–Trinajstić information content (AvgIpc) is 2.53. The molecule has 1 heterocycles. The number of likely N-dealkylation sites (N-methyl/N-ethyl adjacent to an activating group) is 1. The third-order valence-corrected chi connectivity index (χ3v) is 2.84. The Morgan fingerprint density at radius 1 is 1.25 bits per heavy atom. The van der Waals surface area contributed by atoms with E-state index >= 15 is 0 Å². The van der Waals surface area contributed by atoms with Gasteiger partial charge in [0.2, 0.25) is 5.76 Å². The largest absolute Gasteiger partial charge is 0.494 e. The summed E-state index contributed by atoms with van der Waals surface area (Å²) >= 11 is 0. The van der Waals surface area contributed by atoms with Crippen LogP contribution in [-0.4, -0.2) is 39.2 Å². The minimum atomic E-state index is -0.505. The van der Waals surface area contributed by atoms with E-state index in [9.17, 15) is 9.59 Å². The van der Waals surface area contributed by atoms with Crippen LogP contribution in [0.3, 0.4) is 0 Å². The molecule has 0 bridgehead atoms. The van der Waals surface area contributed by atoms with Gasteiger partial charge in [0.1, 0.15) is 19.5 Å². The molecule has 0 saturated heterocycles. The molecule has 0 radical (unpaired) electrons. The summed E-state index contributed by atoms with van der Waals surface area (Å²) in [5.74, 6) is -0.783. The molecule has 0 aliphatic carbocycles. The molecule has 6 nitrogen and oxygen atoms in total. The number of para-hydroxylation sites is 1. The Morgan fingerprint density at radius 2 is 2.00 bits per heavy atom. The SMILES string of the molecule is COC(=O)c1ccccc1N(C)C(=O)C1=COCCO1. The summed E-state index contributed by atoms with van der Waals surface area (Å²) in [6.07, 6.45) is 1.28. The van der Waals surface area contributed by atoms with Gasteiger partial charge in [-0.1, -0.05) is 12.1 Å². The number of carbonyl (C=O) groups excluding carboxylic acids is 2. The molecule has 1 amide bonds. The molecule has 20 heavy (non-hydrogen) atoms. The highest BCUT2D eigenvalue weighted by atomic mass is 16.6. The van der Waals surface area contributed by atoms with Gasteiger partial charge in [-0.15, -0.1) is 0 Å². The van der Waals surface area contributed by atoms with Crippen LogP contribution in [0.4, 0.5) is 5.69 Å². The molecule has 106 valence electrons. The summed E-state index contributed by atoms with van der Waals surface area (Å²) in [4.78, 5) is 25.3. The lowest BCUT2D eigenvalue weighted by atomic mass is 10.1. The van der Waals surface area contributed by atoms with Crippen molar-refractivity contribution in [3.63, 3.8) is 0 Å². The topological polar surface area (TPSA) is 65.1 Å². The van der Waals surface area contributed by atoms with E-state index in [-0.39, 0.29) is 11.7 Å². The molecule has 1 aliphatic rings. The van der Waals surface area contributed by atoms with Crippen LogP contribution in [-0.2, 0) is 19.0 Å². The van der Waals surface area contributed by atoms with Gasteiger partial charge in [-0.2, -0.15) is 0 Å². The monoisotopic (exact) mass is 277 g/mol. The minimum Gasteiger partial charge on any atom is -0.494 e. The molecule has 1 aromatic carbocycles. The van der Waals surface area contributed by atoms with E-state index < -0.39 is 5.97 Å². The van der Waals surface area contributed by atoms with E-state index in [4.69, 9.17) is 14.2 Å². The number of carbonyl (C=O) groups is 2. The van der Waals surface area contributed by atoms with Gasteiger partial charge in [-0.3, -0.25) is 4.79 Å². The quantitative estimate of drug-likeness (QED) is 0.780. The Balaban J connectivity index is 2.29. The van der Waals surface area contributed by atoms with Gasteiger partial charge in [-0.25, -0.2) is 4.79 Å². The normalized spacial score (nSPS) is 13.6. The zero-order chi connectivity index (χ0) is 14.5. The van der Waals surface area contributed by atoms with Gasteiger partial charge in [0.25, 0.3) is 5.91 Å². The number of benzene rings is 1. The maximum atomic E-state index is 12.3. The second-order valence-electron chi connectivity index (χ2n) is 4.07. The van der Waals surface area contributed by atoms with Crippen molar-refractivity contribution in [1.82, 2.24) is 0 Å². The number of rotatable bonds is 3. The van der Waals surface area contributed by atoms with Crippen LogP contribution < -0.4 is 4.90 Å². The summed E-state index contributed by atoms with van der Waals surface area (Å²) in [5, 5.41) is 0. The summed E-state index contributed by atoms with van der Waals surface area (Å²) in [5.41, 5.74) is 0.752. The lowest BCUT2D eigenvalue weighted by molar-refractivity contribution is -0.119. The smallest absolute Gasteiger partial charge is 0.339 e. The van der Waals surface area contributed by atoms with Crippen molar-refractivity contribution in [2.75, 3.05) is 32.3 Å². The van der Waals surface area contributed by atoms with Crippen molar-refractivity contribution >= 4 is 17.6 Å². The van der Waals surface area contributed by atoms with Crippen LogP contribution in [0.25, 0.3) is 0 Å². The molecule has 0 saturated carbocycles. The number of hydrogen-bond acceptors (Lipinski definition) is 5. The van der Waals surface area contributed by atoms with Crippen LogP contribution in [0.1, 0.15) is 10.4 Å². The van der Waals surface area contributed by atoms with Crippen molar-refractivity contribution in [2.45, 2.75) is 0 Å². The Kier molecular flexibility index (Phi) is 4.24. The predicted octanol–water partition coefficient (Wildman–Crippen LogP) is 1.32. The molecule has 1 aromatic rings. The molecule has 6 heteroatoms. The number of esters is 1. The van der Waals surface area contributed by atoms with Crippen LogP contribution >= 0.6 is 0 Å². The molecule has 0 fully saturated rings. The van der Waals surface area contributed by atoms with E-state index in [2.05, 4.69) is 0 Å². The molecule has 0 atom stereocenters. The van der Waals surface area contributed by atoms with E-state index in [0.29, 0.717) is 24.5 Å². The fraction of sp³-hybridized carbons (Fsp3) is 0.286. The van der Waals surface area contributed by atoms with Gasteiger partial charge in [-0.05, 0) is 12.1 Å². The number of amides is 1. The zero-order valence-electron chi connectivity index (χ0n) is 11.3. The van der Waals surface area contributed by atoms with Gasteiger partial charge in [0.15, 0.2) is 0 Å². The second-order valence-corrected chi connectivity index (χ2v) is 4.07. The predicted molar refractivity (Wildman–Crippen MR) is 71.2 cm³/mol. The fourth-order valence-corrected chi connectivity index (χ4v) is 1.80. The zero-order valence-corrected chi connectivity index (χ0v) is 11.3. The highest BCUT2D eigenvalue weighted by Crippen LogP contribution is 2.22. The van der Waals surface area contributed by atoms with Crippen molar-refractivity contribution in [1.29, 1.82) is 0 Å². The first-order chi connectivity index (χ1) is 9.65. The first-order valence-electron chi connectivity index (χ1n) is 6.05.